The first-order chi connectivity index (χ1) is 9.58. The SMILES string of the molecule is CN(c1cc2c(cc1Br)C(N)C(=O)N2)C1CCCCC1. The molecule has 1 fully saturated rings. The van der Waals surface area contributed by atoms with E-state index in [2.05, 4.69) is 33.2 Å². The van der Waals surface area contributed by atoms with Gasteiger partial charge in [0.25, 0.3) is 0 Å². The Morgan fingerprint density at radius 1 is 1.30 bits per heavy atom. The summed E-state index contributed by atoms with van der Waals surface area (Å²) in [7, 11) is 2.14. The summed E-state index contributed by atoms with van der Waals surface area (Å²) >= 11 is 3.63. The minimum absolute atomic E-state index is 0.121. The quantitative estimate of drug-likeness (QED) is 0.871. The van der Waals surface area contributed by atoms with Crippen molar-refractivity contribution >= 4 is 33.2 Å². The van der Waals surface area contributed by atoms with Crippen LogP contribution in [0.3, 0.4) is 0 Å². The van der Waals surface area contributed by atoms with Gasteiger partial charge < -0.3 is 16.0 Å². The van der Waals surface area contributed by atoms with Crippen LogP contribution >= 0.6 is 15.9 Å². The molecule has 3 N–H and O–H groups in total. The molecular weight excluding hydrogens is 318 g/mol. The van der Waals surface area contributed by atoms with E-state index in [1.807, 2.05) is 12.1 Å². The van der Waals surface area contributed by atoms with E-state index in [4.69, 9.17) is 5.73 Å². The van der Waals surface area contributed by atoms with Crippen molar-refractivity contribution in [1.29, 1.82) is 0 Å². The maximum atomic E-state index is 11.7. The van der Waals surface area contributed by atoms with Crippen molar-refractivity contribution in [1.82, 2.24) is 0 Å². The zero-order valence-corrected chi connectivity index (χ0v) is 13.2. The molecule has 1 amide bonds. The lowest BCUT2D eigenvalue weighted by atomic mass is 9.94. The van der Waals surface area contributed by atoms with Gasteiger partial charge in [-0.2, -0.15) is 0 Å². The number of halogens is 1. The van der Waals surface area contributed by atoms with Gasteiger partial charge in [-0.3, -0.25) is 4.79 Å². The van der Waals surface area contributed by atoms with E-state index >= 15 is 0 Å². The molecule has 1 saturated carbocycles. The average Bonchev–Trinajstić information content (AvgIpc) is 2.74. The van der Waals surface area contributed by atoms with Gasteiger partial charge in [-0.25, -0.2) is 0 Å². The van der Waals surface area contributed by atoms with Crippen LogP contribution in [-0.2, 0) is 4.79 Å². The Labute approximate surface area is 127 Å². The molecule has 1 aliphatic carbocycles. The molecule has 0 radical (unpaired) electrons. The van der Waals surface area contributed by atoms with Gasteiger partial charge in [-0.05, 0) is 40.9 Å². The number of fused-ring (bicyclic) bond motifs is 1. The van der Waals surface area contributed by atoms with Gasteiger partial charge in [-0.15, -0.1) is 0 Å². The maximum absolute atomic E-state index is 11.7. The Kier molecular flexibility index (Phi) is 3.73. The minimum atomic E-state index is -0.546. The molecule has 0 aromatic heterocycles. The third kappa shape index (κ3) is 2.33. The van der Waals surface area contributed by atoms with Crippen LogP contribution in [0.25, 0.3) is 0 Å². The van der Waals surface area contributed by atoms with Crippen LogP contribution in [-0.4, -0.2) is 19.0 Å². The second-order valence-electron chi connectivity index (χ2n) is 5.76. The Hall–Kier alpha value is -1.07. The number of hydrogen-bond donors (Lipinski definition) is 2. The molecule has 3 rings (SSSR count). The lowest BCUT2D eigenvalue weighted by molar-refractivity contribution is -0.116. The summed E-state index contributed by atoms with van der Waals surface area (Å²) in [5.74, 6) is -0.121. The van der Waals surface area contributed by atoms with E-state index in [1.165, 1.54) is 32.1 Å². The van der Waals surface area contributed by atoms with Gasteiger partial charge in [0.15, 0.2) is 0 Å². The Morgan fingerprint density at radius 3 is 2.70 bits per heavy atom. The second-order valence-corrected chi connectivity index (χ2v) is 6.61. The summed E-state index contributed by atoms with van der Waals surface area (Å²) in [5, 5.41) is 2.86. The zero-order valence-electron chi connectivity index (χ0n) is 11.7. The highest BCUT2D eigenvalue weighted by atomic mass is 79.9. The molecule has 1 aliphatic heterocycles. The van der Waals surface area contributed by atoms with Crippen molar-refractivity contribution in [2.45, 2.75) is 44.2 Å². The Bertz CT molecular complexity index is 540. The number of nitrogens with two attached hydrogens (primary N) is 1. The van der Waals surface area contributed by atoms with Crippen LogP contribution in [0, 0.1) is 0 Å². The second kappa shape index (κ2) is 5.37. The van der Waals surface area contributed by atoms with Gasteiger partial charge in [0.1, 0.15) is 6.04 Å². The molecule has 0 saturated heterocycles. The molecule has 108 valence electrons. The number of benzene rings is 1. The average molecular weight is 338 g/mol. The molecule has 0 bridgehead atoms. The first-order valence-electron chi connectivity index (χ1n) is 7.20. The van der Waals surface area contributed by atoms with Gasteiger partial charge in [0.2, 0.25) is 5.91 Å². The Balaban J connectivity index is 1.91. The number of anilines is 2. The van der Waals surface area contributed by atoms with E-state index < -0.39 is 6.04 Å². The van der Waals surface area contributed by atoms with E-state index in [9.17, 15) is 4.79 Å². The van der Waals surface area contributed by atoms with Crippen molar-refractivity contribution < 1.29 is 4.79 Å². The molecule has 1 heterocycles. The smallest absolute Gasteiger partial charge is 0.245 e. The maximum Gasteiger partial charge on any atom is 0.245 e. The predicted molar refractivity (Wildman–Crippen MR) is 85.0 cm³/mol. The predicted octanol–water partition coefficient (Wildman–Crippen LogP) is 3.17. The number of hydrogen-bond acceptors (Lipinski definition) is 3. The number of amides is 1. The molecule has 20 heavy (non-hydrogen) atoms. The van der Waals surface area contributed by atoms with Gasteiger partial charge >= 0.3 is 0 Å². The third-order valence-corrected chi connectivity index (χ3v) is 5.13. The lowest BCUT2D eigenvalue weighted by Gasteiger charge is -2.33. The topological polar surface area (TPSA) is 58.4 Å². The number of rotatable bonds is 2. The van der Waals surface area contributed by atoms with Crippen molar-refractivity contribution in [3.8, 4) is 0 Å². The first-order valence-corrected chi connectivity index (χ1v) is 8.00. The molecule has 1 aromatic carbocycles. The van der Waals surface area contributed by atoms with Crippen LogP contribution in [0.1, 0.15) is 43.7 Å². The molecule has 5 heteroatoms. The fourth-order valence-corrected chi connectivity index (χ4v) is 3.87. The highest BCUT2D eigenvalue weighted by Gasteiger charge is 2.29. The number of carbonyl (C=O) groups is 1. The number of nitrogens with one attached hydrogen (secondary N) is 1. The highest BCUT2D eigenvalue weighted by Crippen LogP contribution is 2.39. The van der Waals surface area contributed by atoms with Crippen molar-refractivity contribution in [2.24, 2.45) is 5.73 Å². The summed E-state index contributed by atoms with van der Waals surface area (Å²) < 4.78 is 1.01. The third-order valence-electron chi connectivity index (χ3n) is 4.50. The van der Waals surface area contributed by atoms with E-state index in [0.717, 1.165) is 21.4 Å². The van der Waals surface area contributed by atoms with E-state index in [-0.39, 0.29) is 5.91 Å². The number of carbonyl (C=O) groups excluding carboxylic acids is 1. The van der Waals surface area contributed by atoms with Crippen LogP contribution in [0.2, 0.25) is 0 Å². The summed E-state index contributed by atoms with van der Waals surface area (Å²) in [6.07, 6.45) is 6.44. The Morgan fingerprint density at radius 2 is 2.00 bits per heavy atom. The van der Waals surface area contributed by atoms with Crippen LogP contribution in [0.5, 0.6) is 0 Å². The molecule has 0 spiro atoms. The largest absolute Gasteiger partial charge is 0.371 e. The summed E-state index contributed by atoms with van der Waals surface area (Å²) in [6.45, 7) is 0. The number of nitrogens with zero attached hydrogens (tertiary/aromatic N) is 1. The minimum Gasteiger partial charge on any atom is -0.371 e. The molecular formula is C15H20BrN3O. The standard InChI is InChI=1S/C15H20BrN3O/c1-19(9-5-3-2-4-6-9)13-8-12-10(7-11(13)16)14(17)15(20)18-12/h7-9,14H,2-6,17H2,1H3,(H,18,20). The van der Waals surface area contributed by atoms with E-state index in [1.54, 1.807) is 0 Å². The summed E-state index contributed by atoms with van der Waals surface area (Å²) in [6, 6.07) is 4.06. The van der Waals surface area contributed by atoms with Crippen LogP contribution in [0.15, 0.2) is 16.6 Å². The fourth-order valence-electron chi connectivity index (χ4n) is 3.23. The molecule has 1 aromatic rings. The monoisotopic (exact) mass is 337 g/mol. The zero-order chi connectivity index (χ0) is 14.3. The van der Waals surface area contributed by atoms with Crippen LogP contribution in [0.4, 0.5) is 11.4 Å². The summed E-state index contributed by atoms with van der Waals surface area (Å²) in [4.78, 5) is 14.0. The fraction of sp³-hybridized carbons (Fsp3) is 0.533. The van der Waals surface area contributed by atoms with Crippen LogP contribution < -0.4 is 16.0 Å². The van der Waals surface area contributed by atoms with Crippen molar-refractivity contribution in [2.75, 3.05) is 17.3 Å². The van der Waals surface area contributed by atoms with Gasteiger partial charge in [-0.1, -0.05) is 19.3 Å². The van der Waals surface area contributed by atoms with Crippen molar-refractivity contribution in [3.05, 3.63) is 22.2 Å². The van der Waals surface area contributed by atoms with Gasteiger partial charge in [0, 0.05) is 28.8 Å². The van der Waals surface area contributed by atoms with Crippen molar-refractivity contribution in [3.63, 3.8) is 0 Å². The first kappa shape index (κ1) is 13.9. The van der Waals surface area contributed by atoms with E-state index in [0.29, 0.717) is 6.04 Å². The molecule has 4 nitrogen and oxygen atoms in total. The molecule has 1 unspecified atom stereocenters. The van der Waals surface area contributed by atoms with Gasteiger partial charge in [0.05, 0.1) is 5.69 Å². The highest BCUT2D eigenvalue weighted by molar-refractivity contribution is 9.10. The summed E-state index contributed by atoms with van der Waals surface area (Å²) in [5.41, 5.74) is 8.74. The normalized spacial score (nSPS) is 22.6. The lowest BCUT2D eigenvalue weighted by Crippen LogP contribution is -2.33. The molecule has 2 aliphatic rings. The molecule has 1 atom stereocenters.